The fourth-order valence-electron chi connectivity index (χ4n) is 1.99. The number of hydrogen-bond donors (Lipinski definition) is 1. The molecule has 1 saturated heterocycles. The maximum atomic E-state index is 12.4. The predicted octanol–water partition coefficient (Wildman–Crippen LogP) is 1.16. The minimum atomic E-state index is -0.941. The van der Waals surface area contributed by atoms with Crippen LogP contribution >= 0.6 is 15.9 Å². The van der Waals surface area contributed by atoms with Crippen molar-refractivity contribution in [1.82, 2.24) is 9.88 Å². The Morgan fingerprint density at radius 2 is 2.37 bits per heavy atom. The molecule has 0 radical (unpaired) electrons. The number of carbonyl (C=O) groups is 2. The van der Waals surface area contributed by atoms with Crippen LogP contribution in [0, 0.1) is 0 Å². The number of carbonyl (C=O) groups excluding carboxylic acids is 1. The molecule has 1 aromatic rings. The van der Waals surface area contributed by atoms with Crippen molar-refractivity contribution in [3.05, 3.63) is 28.5 Å². The van der Waals surface area contributed by atoms with E-state index in [1.165, 1.54) is 6.20 Å². The van der Waals surface area contributed by atoms with Gasteiger partial charge < -0.3 is 14.7 Å². The van der Waals surface area contributed by atoms with Gasteiger partial charge in [-0.3, -0.25) is 9.59 Å². The summed E-state index contributed by atoms with van der Waals surface area (Å²) in [5.74, 6) is -1.14. The van der Waals surface area contributed by atoms with Crippen LogP contribution in [0.15, 0.2) is 22.9 Å². The standard InChI is InChI=1S/C12H13BrN2O4/c13-10-5-8(1-2-14-10)12(18)15-3-4-19-7-9(15)6-11(16)17/h1-2,5,9H,3-4,6-7H2,(H,16,17). The fraction of sp³-hybridized carbons (Fsp3) is 0.417. The van der Waals surface area contributed by atoms with Crippen LogP contribution in [0.3, 0.4) is 0 Å². The van der Waals surface area contributed by atoms with Gasteiger partial charge >= 0.3 is 5.97 Å². The molecule has 1 fully saturated rings. The largest absolute Gasteiger partial charge is 0.481 e. The number of carboxylic acid groups (broad SMARTS) is 1. The van der Waals surface area contributed by atoms with Gasteiger partial charge in [0.2, 0.25) is 0 Å². The number of amides is 1. The van der Waals surface area contributed by atoms with Crippen molar-refractivity contribution in [1.29, 1.82) is 0 Å². The summed E-state index contributed by atoms with van der Waals surface area (Å²) < 4.78 is 5.81. The first-order chi connectivity index (χ1) is 9.08. The summed E-state index contributed by atoms with van der Waals surface area (Å²) in [6.45, 7) is 1.08. The average molecular weight is 329 g/mol. The highest BCUT2D eigenvalue weighted by molar-refractivity contribution is 9.10. The topological polar surface area (TPSA) is 79.7 Å². The Balaban J connectivity index is 2.17. The van der Waals surface area contributed by atoms with E-state index < -0.39 is 12.0 Å². The second-order valence-electron chi connectivity index (χ2n) is 4.19. The normalized spacial score (nSPS) is 19.2. The number of ether oxygens (including phenoxy) is 1. The van der Waals surface area contributed by atoms with Crippen LogP contribution in [-0.4, -0.2) is 52.7 Å². The molecule has 102 valence electrons. The summed E-state index contributed by atoms with van der Waals surface area (Å²) in [5.41, 5.74) is 0.485. The SMILES string of the molecule is O=C(O)CC1COCCN1C(=O)c1ccnc(Br)c1. The van der Waals surface area contributed by atoms with Gasteiger partial charge in [0.05, 0.1) is 25.7 Å². The lowest BCUT2D eigenvalue weighted by Gasteiger charge is -2.34. The van der Waals surface area contributed by atoms with Crippen molar-refractivity contribution < 1.29 is 19.4 Å². The second kappa shape index (κ2) is 6.12. The number of nitrogens with zero attached hydrogens (tertiary/aromatic N) is 2. The molecule has 0 aliphatic carbocycles. The molecule has 6 nitrogen and oxygen atoms in total. The van der Waals surface area contributed by atoms with Gasteiger partial charge in [0, 0.05) is 18.3 Å². The van der Waals surface area contributed by atoms with Crippen LogP contribution < -0.4 is 0 Å². The molecular formula is C12H13BrN2O4. The lowest BCUT2D eigenvalue weighted by atomic mass is 10.1. The highest BCUT2D eigenvalue weighted by Gasteiger charge is 2.29. The number of aromatic nitrogens is 1. The van der Waals surface area contributed by atoms with Crippen LogP contribution in [0.5, 0.6) is 0 Å². The number of aliphatic carboxylic acids is 1. The van der Waals surface area contributed by atoms with Crippen LogP contribution in [0.4, 0.5) is 0 Å². The van der Waals surface area contributed by atoms with Crippen molar-refractivity contribution in [3.8, 4) is 0 Å². The Labute approximate surface area is 118 Å². The highest BCUT2D eigenvalue weighted by atomic mass is 79.9. The third-order valence-electron chi connectivity index (χ3n) is 2.87. The molecule has 1 amide bonds. The zero-order valence-corrected chi connectivity index (χ0v) is 11.7. The summed E-state index contributed by atoms with van der Waals surface area (Å²) in [6, 6.07) is 2.81. The van der Waals surface area contributed by atoms with E-state index in [0.717, 1.165) is 0 Å². The number of pyridine rings is 1. The van der Waals surface area contributed by atoms with Gasteiger partial charge in [0.15, 0.2) is 0 Å². The summed E-state index contributed by atoms with van der Waals surface area (Å²) >= 11 is 3.21. The van der Waals surface area contributed by atoms with Crippen molar-refractivity contribution in [2.75, 3.05) is 19.8 Å². The predicted molar refractivity (Wildman–Crippen MR) is 69.8 cm³/mol. The number of morpholine rings is 1. The number of hydrogen-bond acceptors (Lipinski definition) is 4. The first-order valence-electron chi connectivity index (χ1n) is 5.80. The summed E-state index contributed by atoms with van der Waals surface area (Å²) in [4.78, 5) is 28.7. The third-order valence-corrected chi connectivity index (χ3v) is 3.31. The molecule has 19 heavy (non-hydrogen) atoms. The van der Waals surface area contributed by atoms with Crippen molar-refractivity contribution >= 4 is 27.8 Å². The van der Waals surface area contributed by atoms with Gasteiger partial charge in [0.1, 0.15) is 4.60 Å². The molecule has 2 rings (SSSR count). The number of carboxylic acids is 1. The zero-order chi connectivity index (χ0) is 13.8. The lowest BCUT2D eigenvalue weighted by molar-refractivity contribution is -0.139. The summed E-state index contributed by atoms with van der Waals surface area (Å²) in [7, 11) is 0. The average Bonchev–Trinajstić information content (AvgIpc) is 2.38. The van der Waals surface area contributed by atoms with Gasteiger partial charge in [-0.2, -0.15) is 0 Å². The Morgan fingerprint density at radius 1 is 1.58 bits per heavy atom. The Bertz CT molecular complexity index is 494. The molecule has 7 heteroatoms. The molecule has 0 spiro atoms. The van der Waals surface area contributed by atoms with Gasteiger partial charge in [-0.1, -0.05) is 0 Å². The van der Waals surface area contributed by atoms with E-state index in [1.54, 1.807) is 17.0 Å². The molecule has 1 N–H and O–H groups in total. The van der Waals surface area contributed by atoms with Crippen LogP contribution in [0.1, 0.15) is 16.8 Å². The van der Waals surface area contributed by atoms with E-state index in [0.29, 0.717) is 23.3 Å². The summed E-state index contributed by atoms with van der Waals surface area (Å²) in [5, 5.41) is 8.87. The van der Waals surface area contributed by atoms with Crippen molar-refractivity contribution in [2.45, 2.75) is 12.5 Å². The molecule has 1 unspecified atom stereocenters. The van der Waals surface area contributed by atoms with Crippen LogP contribution in [0.25, 0.3) is 0 Å². The van der Waals surface area contributed by atoms with Crippen molar-refractivity contribution in [2.24, 2.45) is 0 Å². The quantitative estimate of drug-likeness (QED) is 0.842. The summed E-state index contributed by atoms with van der Waals surface area (Å²) in [6.07, 6.45) is 1.42. The zero-order valence-electron chi connectivity index (χ0n) is 10.1. The van der Waals surface area contributed by atoms with E-state index in [-0.39, 0.29) is 18.9 Å². The number of rotatable bonds is 3. The van der Waals surface area contributed by atoms with E-state index in [1.807, 2.05) is 0 Å². The highest BCUT2D eigenvalue weighted by Crippen LogP contribution is 2.16. The molecule has 0 saturated carbocycles. The van der Waals surface area contributed by atoms with E-state index >= 15 is 0 Å². The molecule has 1 aliphatic heterocycles. The Hall–Kier alpha value is -1.47. The van der Waals surface area contributed by atoms with Gasteiger partial charge in [-0.15, -0.1) is 0 Å². The van der Waals surface area contributed by atoms with Crippen LogP contribution in [-0.2, 0) is 9.53 Å². The molecule has 1 atom stereocenters. The molecule has 2 heterocycles. The molecule has 1 aromatic heterocycles. The second-order valence-corrected chi connectivity index (χ2v) is 5.00. The van der Waals surface area contributed by atoms with E-state index in [4.69, 9.17) is 9.84 Å². The molecule has 0 aromatic carbocycles. The van der Waals surface area contributed by atoms with E-state index in [9.17, 15) is 9.59 Å². The fourth-order valence-corrected chi connectivity index (χ4v) is 2.36. The first kappa shape index (κ1) is 14.0. The minimum absolute atomic E-state index is 0.113. The first-order valence-corrected chi connectivity index (χ1v) is 6.59. The lowest BCUT2D eigenvalue weighted by Crippen LogP contribution is -2.49. The Morgan fingerprint density at radius 3 is 3.05 bits per heavy atom. The minimum Gasteiger partial charge on any atom is -0.481 e. The Kier molecular flexibility index (Phi) is 4.49. The molecular weight excluding hydrogens is 316 g/mol. The van der Waals surface area contributed by atoms with E-state index in [2.05, 4.69) is 20.9 Å². The maximum absolute atomic E-state index is 12.4. The van der Waals surface area contributed by atoms with Crippen molar-refractivity contribution in [3.63, 3.8) is 0 Å². The van der Waals surface area contributed by atoms with Gasteiger partial charge in [-0.25, -0.2) is 4.98 Å². The van der Waals surface area contributed by atoms with Crippen LogP contribution in [0.2, 0.25) is 0 Å². The van der Waals surface area contributed by atoms with Gasteiger partial charge in [-0.05, 0) is 28.1 Å². The smallest absolute Gasteiger partial charge is 0.305 e. The maximum Gasteiger partial charge on any atom is 0.305 e. The molecule has 0 bridgehead atoms. The number of halogens is 1. The van der Waals surface area contributed by atoms with Gasteiger partial charge in [0.25, 0.3) is 5.91 Å². The molecule has 1 aliphatic rings. The third kappa shape index (κ3) is 3.51. The monoisotopic (exact) mass is 328 g/mol.